The summed E-state index contributed by atoms with van der Waals surface area (Å²) in [4.78, 5) is 4.29. The van der Waals surface area contributed by atoms with Crippen LogP contribution in [0.5, 0.6) is 0 Å². The van der Waals surface area contributed by atoms with Crippen molar-refractivity contribution in [2.45, 2.75) is 53.0 Å². The first kappa shape index (κ1) is 13.3. The third-order valence-electron chi connectivity index (χ3n) is 2.62. The second-order valence-corrected chi connectivity index (χ2v) is 4.51. The first-order valence-electron chi connectivity index (χ1n) is 5.51. The van der Waals surface area contributed by atoms with E-state index in [0.29, 0.717) is 11.9 Å². The summed E-state index contributed by atoms with van der Waals surface area (Å²) in [5.74, 6) is 1.13. The maximum Gasteiger partial charge on any atom is 0.189 e. The smallest absolute Gasteiger partial charge is 0.189 e. The molecule has 0 aliphatic heterocycles. The number of nitrogens with zero attached hydrogens (tertiary/aromatic N) is 1. The van der Waals surface area contributed by atoms with Gasteiger partial charge in [-0.05, 0) is 25.7 Å². The molecule has 0 aromatic heterocycles. The van der Waals surface area contributed by atoms with Crippen LogP contribution in [-0.2, 0) is 0 Å². The molecule has 3 nitrogen and oxygen atoms in total. The Labute approximate surface area is 88.2 Å². The highest BCUT2D eigenvalue weighted by Crippen LogP contribution is 2.12. The summed E-state index contributed by atoms with van der Waals surface area (Å²) in [6.07, 6.45) is 2.11. The maximum atomic E-state index is 5.80. The standard InChI is InChI=1S/C11H25N3/c1-6-11(5,7-2)14-10(12)13-8-9(3)4/h9H,6-8H2,1-5H3,(H3,12,13,14). The van der Waals surface area contributed by atoms with Crippen molar-refractivity contribution in [3.05, 3.63) is 0 Å². The highest BCUT2D eigenvalue weighted by Gasteiger charge is 2.19. The molecule has 0 bridgehead atoms. The Morgan fingerprint density at radius 2 is 1.86 bits per heavy atom. The Bertz CT molecular complexity index is 181. The van der Waals surface area contributed by atoms with Crippen molar-refractivity contribution >= 4 is 5.96 Å². The number of aliphatic imine (C=N–C) groups is 1. The van der Waals surface area contributed by atoms with E-state index < -0.39 is 0 Å². The molecule has 3 heteroatoms. The minimum absolute atomic E-state index is 0.0879. The van der Waals surface area contributed by atoms with Gasteiger partial charge in [-0.1, -0.05) is 27.7 Å². The average Bonchev–Trinajstić information content (AvgIpc) is 2.14. The summed E-state index contributed by atoms with van der Waals surface area (Å²) in [5, 5.41) is 3.28. The highest BCUT2D eigenvalue weighted by molar-refractivity contribution is 5.78. The third-order valence-corrected chi connectivity index (χ3v) is 2.62. The number of rotatable bonds is 5. The van der Waals surface area contributed by atoms with Crippen molar-refractivity contribution in [3.63, 3.8) is 0 Å². The lowest BCUT2D eigenvalue weighted by Gasteiger charge is -2.28. The fourth-order valence-electron chi connectivity index (χ4n) is 1.06. The molecule has 0 spiro atoms. The van der Waals surface area contributed by atoms with Crippen LogP contribution in [0.25, 0.3) is 0 Å². The summed E-state index contributed by atoms with van der Waals surface area (Å²) in [7, 11) is 0. The first-order chi connectivity index (χ1) is 6.43. The quantitative estimate of drug-likeness (QED) is 0.526. The zero-order valence-electron chi connectivity index (χ0n) is 10.2. The van der Waals surface area contributed by atoms with E-state index in [9.17, 15) is 0 Å². The third kappa shape index (κ3) is 5.10. The fourth-order valence-corrected chi connectivity index (χ4v) is 1.06. The van der Waals surface area contributed by atoms with Gasteiger partial charge in [0.2, 0.25) is 0 Å². The van der Waals surface area contributed by atoms with E-state index in [1.165, 1.54) is 0 Å². The van der Waals surface area contributed by atoms with Gasteiger partial charge in [-0.25, -0.2) is 0 Å². The van der Waals surface area contributed by atoms with Gasteiger partial charge in [0, 0.05) is 12.1 Å². The molecule has 0 amide bonds. The topological polar surface area (TPSA) is 50.4 Å². The summed E-state index contributed by atoms with van der Waals surface area (Å²) in [6, 6.07) is 0. The van der Waals surface area contributed by atoms with E-state index in [2.05, 4.69) is 44.9 Å². The van der Waals surface area contributed by atoms with Gasteiger partial charge >= 0.3 is 0 Å². The van der Waals surface area contributed by atoms with Gasteiger partial charge in [-0.15, -0.1) is 0 Å². The molecule has 0 unspecified atom stereocenters. The second kappa shape index (κ2) is 5.89. The Balaban J connectivity index is 4.15. The molecule has 0 radical (unpaired) electrons. The lowest BCUT2D eigenvalue weighted by Crippen LogP contribution is -2.48. The van der Waals surface area contributed by atoms with Crippen LogP contribution in [0.1, 0.15) is 47.5 Å². The van der Waals surface area contributed by atoms with Gasteiger partial charge in [0.05, 0.1) is 0 Å². The van der Waals surface area contributed by atoms with Crippen molar-refractivity contribution in [1.29, 1.82) is 0 Å². The SMILES string of the molecule is CCC(C)(CC)NC(N)=NCC(C)C. The minimum Gasteiger partial charge on any atom is -0.370 e. The fraction of sp³-hybridized carbons (Fsp3) is 0.909. The number of nitrogens with two attached hydrogens (primary N) is 1. The van der Waals surface area contributed by atoms with Gasteiger partial charge < -0.3 is 11.1 Å². The molecule has 84 valence electrons. The maximum absolute atomic E-state index is 5.80. The first-order valence-corrected chi connectivity index (χ1v) is 5.51. The summed E-state index contributed by atoms with van der Waals surface area (Å²) in [5.41, 5.74) is 5.89. The molecule has 0 aromatic carbocycles. The van der Waals surface area contributed by atoms with Crippen molar-refractivity contribution in [2.75, 3.05) is 6.54 Å². The summed E-state index contributed by atoms with van der Waals surface area (Å²) >= 11 is 0. The van der Waals surface area contributed by atoms with Crippen LogP contribution in [0.4, 0.5) is 0 Å². The van der Waals surface area contributed by atoms with Crippen molar-refractivity contribution in [1.82, 2.24) is 5.32 Å². The monoisotopic (exact) mass is 199 g/mol. The summed E-state index contributed by atoms with van der Waals surface area (Å²) < 4.78 is 0. The van der Waals surface area contributed by atoms with Gasteiger partial charge in [0.25, 0.3) is 0 Å². The molecule has 3 N–H and O–H groups in total. The van der Waals surface area contributed by atoms with Crippen LogP contribution in [0.3, 0.4) is 0 Å². The van der Waals surface area contributed by atoms with Gasteiger partial charge in [0.15, 0.2) is 5.96 Å². The lowest BCUT2D eigenvalue weighted by atomic mass is 9.96. The molecular weight excluding hydrogens is 174 g/mol. The predicted octanol–water partition coefficient (Wildman–Crippen LogP) is 2.13. The number of nitrogens with one attached hydrogen (secondary N) is 1. The molecule has 0 aliphatic rings. The molecule has 0 fully saturated rings. The van der Waals surface area contributed by atoms with E-state index >= 15 is 0 Å². The molecule has 0 rings (SSSR count). The van der Waals surface area contributed by atoms with Gasteiger partial charge in [-0.2, -0.15) is 0 Å². The van der Waals surface area contributed by atoms with Gasteiger partial charge in [0.1, 0.15) is 0 Å². The molecule has 0 saturated heterocycles. The van der Waals surface area contributed by atoms with E-state index in [-0.39, 0.29) is 5.54 Å². The Morgan fingerprint density at radius 3 is 2.21 bits per heavy atom. The lowest BCUT2D eigenvalue weighted by molar-refractivity contribution is 0.387. The van der Waals surface area contributed by atoms with Crippen molar-refractivity contribution < 1.29 is 0 Å². The van der Waals surface area contributed by atoms with Crippen LogP contribution < -0.4 is 11.1 Å². The molecule has 0 atom stereocenters. The largest absolute Gasteiger partial charge is 0.370 e. The van der Waals surface area contributed by atoms with E-state index in [4.69, 9.17) is 5.73 Å². The average molecular weight is 199 g/mol. The minimum atomic E-state index is 0.0879. The van der Waals surface area contributed by atoms with Crippen LogP contribution in [0.2, 0.25) is 0 Å². The van der Waals surface area contributed by atoms with E-state index in [0.717, 1.165) is 19.4 Å². The van der Waals surface area contributed by atoms with Crippen molar-refractivity contribution in [3.8, 4) is 0 Å². The van der Waals surface area contributed by atoms with E-state index in [1.807, 2.05) is 0 Å². The molecule has 0 aromatic rings. The highest BCUT2D eigenvalue weighted by atomic mass is 15.1. The van der Waals surface area contributed by atoms with Crippen LogP contribution in [0.15, 0.2) is 4.99 Å². The zero-order valence-corrected chi connectivity index (χ0v) is 10.2. The Morgan fingerprint density at radius 1 is 1.36 bits per heavy atom. The number of guanidine groups is 1. The van der Waals surface area contributed by atoms with Crippen LogP contribution >= 0.6 is 0 Å². The molecule has 14 heavy (non-hydrogen) atoms. The van der Waals surface area contributed by atoms with Gasteiger partial charge in [-0.3, -0.25) is 4.99 Å². The second-order valence-electron chi connectivity index (χ2n) is 4.51. The normalized spacial score (nSPS) is 13.4. The molecule has 0 saturated carbocycles. The molecule has 0 aliphatic carbocycles. The molecule has 0 heterocycles. The van der Waals surface area contributed by atoms with Crippen LogP contribution in [-0.4, -0.2) is 18.0 Å². The number of hydrogen-bond donors (Lipinski definition) is 2. The Kier molecular flexibility index (Phi) is 5.58. The zero-order chi connectivity index (χ0) is 11.2. The van der Waals surface area contributed by atoms with E-state index in [1.54, 1.807) is 0 Å². The van der Waals surface area contributed by atoms with Crippen molar-refractivity contribution in [2.24, 2.45) is 16.6 Å². The number of hydrogen-bond acceptors (Lipinski definition) is 1. The molecular formula is C11H25N3. The van der Waals surface area contributed by atoms with Crippen LogP contribution in [0, 0.1) is 5.92 Å². The summed E-state index contributed by atoms with van der Waals surface area (Å²) in [6.45, 7) is 11.6. The predicted molar refractivity (Wildman–Crippen MR) is 63.5 cm³/mol. The Hall–Kier alpha value is -0.730.